The van der Waals surface area contributed by atoms with Crippen LogP contribution in [0.15, 0.2) is 0 Å². The lowest BCUT2D eigenvalue weighted by Gasteiger charge is -2.31. The Morgan fingerprint density at radius 1 is 0.750 bits per heavy atom. The molecule has 3 fully saturated rings. The predicted molar refractivity (Wildman–Crippen MR) is 88.0 cm³/mol. The van der Waals surface area contributed by atoms with E-state index in [-0.39, 0.29) is 36.2 Å². The van der Waals surface area contributed by atoms with E-state index in [1.54, 1.807) is 0 Å². The van der Waals surface area contributed by atoms with Crippen molar-refractivity contribution < 1.29 is 19.1 Å². The second-order valence-electron chi connectivity index (χ2n) is 7.28. The fourth-order valence-electron chi connectivity index (χ4n) is 3.59. The van der Waals surface area contributed by atoms with Crippen LogP contribution in [0.25, 0.3) is 0 Å². The molecule has 0 spiro atoms. The van der Waals surface area contributed by atoms with Crippen LogP contribution in [0.2, 0.25) is 0 Å². The van der Waals surface area contributed by atoms with E-state index in [1.807, 2.05) is 9.80 Å². The van der Waals surface area contributed by atoms with Gasteiger partial charge in [-0.1, -0.05) is 12.8 Å². The standard InChI is InChI=1S/C18H28N2O4/c21-16(19-9-3-1-2-4-10-19)13-24-18(23)15-7-11-20(12-8-15)17(22)14-5-6-14/h14-15H,1-13H2. The molecule has 0 radical (unpaired) electrons. The Morgan fingerprint density at radius 3 is 1.96 bits per heavy atom. The molecular formula is C18H28N2O4. The summed E-state index contributed by atoms with van der Waals surface area (Å²) in [6.07, 6.45) is 7.73. The third kappa shape index (κ3) is 4.48. The molecule has 0 aromatic heterocycles. The highest BCUT2D eigenvalue weighted by molar-refractivity contribution is 5.82. The van der Waals surface area contributed by atoms with Gasteiger partial charge in [-0.25, -0.2) is 0 Å². The Kier molecular flexibility index (Phi) is 5.74. The molecule has 0 atom stereocenters. The number of amides is 2. The lowest BCUT2D eigenvalue weighted by atomic mass is 9.97. The van der Waals surface area contributed by atoms with Gasteiger partial charge in [0.05, 0.1) is 5.92 Å². The highest BCUT2D eigenvalue weighted by atomic mass is 16.5. The van der Waals surface area contributed by atoms with Crippen LogP contribution in [-0.4, -0.2) is 60.4 Å². The highest BCUT2D eigenvalue weighted by Crippen LogP contribution is 2.32. The molecule has 1 saturated carbocycles. The second-order valence-corrected chi connectivity index (χ2v) is 7.28. The van der Waals surface area contributed by atoms with Gasteiger partial charge in [0.1, 0.15) is 0 Å². The smallest absolute Gasteiger partial charge is 0.309 e. The third-order valence-corrected chi connectivity index (χ3v) is 5.36. The van der Waals surface area contributed by atoms with Crippen molar-refractivity contribution >= 4 is 17.8 Å². The number of hydrogen-bond acceptors (Lipinski definition) is 4. The summed E-state index contributed by atoms with van der Waals surface area (Å²) >= 11 is 0. The van der Waals surface area contributed by atoms with E-state index in [9.17, 15) is 14.4 Å². The first-order chi connectivity index (χ1) is 11.6. The van der Waals surface area contributed by atoms with Gasteiger partial charge in [-0.3, -0.25) is 14.4 Å². The van der Waals surface area contributed by atoms with Gasteiger partial charge in [0.25, 0.3) is 5.91 Å². The molecule has 2 heterocycles. The van der Waals surface area contributed by atoms with Crippen molar-refractivity contribution in [2.45, 2.75) is 51.4 Å². The molecule has 0 unspecified atom stereocenters. The van der Waals surface area contributed by atoms with Crippen molar-refractivity contribution in [3.05, 3.63) is 0 Å². The molecule has 6 nitrogen and oxygen atoms in total. The lowest BCUT2D eigenvalue weighted by Crippen LogP contribution is -2.42. The van der Waals surface area contributed by atoms with Crippen molar-refractivity contribution in [3.63, 3.8) is 0 Å². The van der Waals surface area contributed by atoms with Crippen LogP contribution in [0, 0.1) is 11.8 Å². The Balaban J connectivity index is 1.37. The fraction of sp³-hybridized carbons (Fsp3) is 0.833. The van der Waals surface area contributed by atoms with E-state index >= 15 is 0 Å². The quantitative estimate of drug-likeness (QED) is 0.731. The average Bonchev–Trinajstić information content (AvgIpc) is 3.45. The zero-order valence-corrected chi connectivity index (χ0v) is 14.4. The van der Waals surface area contributed by atoms with Crippen LogP contribution in [0.5, 0.6) is 0 Å². The second kappa shape index (κ2) is 7.99. The van der Waals surface area contributed by atoms with E-state index in [4.69, 9.17) is 4.74 Å². The van der Waals surface area contributed by atoms with Gasteiger partial charge < -0.3 is 14.5 Å². The van der Waals surface area contributed by atoms with Crippen LogP contribution < -0.4 is 0 Å². The van der Waals surface area contributed by atoms with Gasteiger partial charge in [-0.05, 0) is 38.5 Å². The van der Waals surface area contributed by atoms with E-state index < -0.39 is 0 Å². The number of piperidine rings is 1. The van der Waals surface area contributed by atoms with E-state index in [2.05, 4.69) is 0 Å². The number of carbonyl (C=O) groups is 3. The summed E-state index contributed by atoms with van der Waals surface area (Å²) in [4.78, 5) is 40.0. The number of likely N-dealkylation sites (tertiary alicyclic amines) is 2. The third-order valence-electron chi connectivity index (χ3n) is 5.36. The van der Waals surface area contributed by atoms with Gasteiger partial charge in [0.2, 0.25) is 5.91 Å². The Labute approximate surface area is 143 Å². The molecule has 0 bridgehead atoms. The summed E-state index contributed by atoms with van der Waals surface area (Å²) in [5.41, 5.74) is 0. The number of ether oxygens (including phenoxy) is 1. The maximum Gasteiger partial charge on any atom is 0.309 e. The molecule has 2 saturated heterocycles. The van der Waals surface area contributed by atoms with Crippen LogP contribution in [-0.2, 0) is 19.1 Å². The number of hydrogen-bond donors (Lipinski definition) is 0. The minimum atomic E-state index is -0.281. The van der Waals surface area contributed by atoms with Crippen molar-refractivity contribution in [2.75, 3.05) is 32.8 Å². The predicted octanol–water partition coefficient (Wildman–Crippen LogP) is 1.58. The summed E-state index contributed by atoms with van der Waals surface area (Å²) in [6.45, 7) is 2.68. The molecule has 0 aromatic rings. The molecule has 24 heavy (non-hydrogen) atoms. The summed E-state index contributed by atoms with van der Waals surface area (Å²) in [5.74, 6) is -0.0496. The first kappa shape index (κ1) is 17.2. The number of nitrogens with zero attached hydrogens (tertiary/aromatic N) is 2. The fourth-order valence-corrected chi connectivity index (χ4v) is 3.59. The molecule has 1 aliphatic carbocycles. The van der Waals surface area contributed by atoms with Gasteiger partial charge in [0.15, 0.2) is 6.61 Å². The molecule has 0 N–H and O–H groups in total. The largest absolute Gasteiger partial charge is 0.455 e. The normalized spacial score (nSPS) is 22.8. The van der Waals surface area contributed by atoms with E-state index in [1.165, 1.54) is 12.8 Å². The van der Waals surface area contributed by atoms with Gasteiger partial charge in [-0.15, -0.1) is 0 Å². The SMILES string of the molecule is O=C(OCC(=O)N1CCCCCC1)C1CCN(C(=O)C2CC2)CC1. The summed E-state index contributed by atoms with van der Waals surface area (Å²) in [7, 11) is 0. The Morgan fingerprint density at radius 2 is 1.38 bits per heavy atom. The molecule has 3 aliphatic rings. The van der Waals surface area contributed by atoms with Crippen molar-refractivity contribution in [1.82, 2.24) is 9.80 Å². The molecule has 6 heteroatoms. The van der Waals surface area contributed by atoms with Crippen molar-refractivity contribution in [3.8, 4) is 0 Å². The molecular weight excluding hydrogens is 308 g/mol. The van der Waals surface area contributed by atoms with Gasteiger partial charge >= 0.3 is 5.97 Å². The molecule has 134 valence electrons. The average molecular weight is 336 g/mol. The zero-order chi connectivity index (χ0) is 16.9. The maximum absolute atomic E-state index is 12.2. The first-order valence-electron chi connectivity index (χ1n) is 9.38. The number of esters is 1. The van der Waals surface area contributed by atoms with Crippen LogP contribution in [0.3, 0.4) is 0 Å². The molecule has 3 rings (SSSR count). The number of rotatable bonds is 4. The monoisotopic (exact) mass is 336 g/mol. The maximum atomic E-state index is 12.2. The molecule has 0 aromatic carbocycles. The Hall–Kier alpha value is -1.59. The van der Waals surface area contributed by atoms with Crippen molar-refractivity contribution in [2.24, 2.45) is 11.8 Å². The highest BCUT2D eigenvalue weighted by Gasteiger charge is 2.36. The Bertz CT molecular complexity index is 473. The van der Waals surface area contributed by atoms with Crippen LogP contribution in [0.4, 0.5) is 0 Å². The summed E-state index contributed by atoms with van der Waals surface area (Å²) in [6, 6.07) is 0. The van der Waals surface area contributed by atoms with Crippen molar-refractivity contribution in [1.29, 1.82) is 0 Å². The van der Waals surface area contributed by atoms with Gasteiger partial charge in [0, 0.05) is 32.1 Å². The topological polar surface area (TPSA) is 66.9 Å². The minimum absolute atomic E-state index is 0.0772. The zero-order valence-electron chi connectivity index (χ0n) is 14.4. The summed E-state index contributed by atoms with van der Waals surface area (Å²) in [5, 5.41) is 0. The minimum Gasteiger partial charge on any atom is -0.455 e. The lowest BCUT2D eigenvalue weighted by molar-refractivity contribution is -0.157. The van der Waals surface area contributed by atoms with Crippen LogP contribution >= 0.6 is 0 Å². The molecule has 2 aliphatic heterocycles. The van der Waals surface area contributed by atoms with Crippen LogP contribution in [0.1, 0.15) is 51.4 Å². The first-order valence-corrected chi connectivity index (χ1v) is 9.38. The van der Waals surface area contributed by atoms with Gasteiger partial charge in [-0.2, -0.15) is 0 Å². The van der Waals surface area contributed by atoms with E-state index in [0.717, 1.165) is 38.8 Å². The summed E-state index contributed by atoms with van der Waals surface area (Å²) < 4.78 is 5.26. The van der Waals surface area contributed by atoms with E-state index in [0.29, 0.717) is 25.9 Å². The molecule has 2 amide bonds. The number of carbonyl (C=O) groups excluding carboxylic acids is 3.